The number of rotatable bonds is 7. The molecule has 1 saturated heterocycles. The molecule has 2 fully saturated rings. The van der Waals surface area contributed by atoms with Gasteiger partial charge in [-0.2, -0.15) is 4.98 Å². The van der Waals surface area contributed by atoms with Crippen molar-refractivity contribution < 1.29 is 9.84 Å². The van der Waals surface area contributed by atoms with E-state index in [1.165, 1.54) is 11.1 Å². The minimum atomic E-state index is -0.582. The number of morpholine rings is 1. The molecule has 2 aliphatic rings. The molecular formula is C27H29N5O2. The Bertz CT molecular complexity index is 1250. The van der Waals surface area contributed by atoms with Crippen molar-refractivity contribution in [2.24, 2.45) is 5.92 Å². The molecule has 1 saturated carbocycles. The van der Waals surface area contributed by atoms with Crippen molar-refractivity contribution in [3.05, 3.63) is 83.9 Å². The normalized spacial score (nSPS) is 19.9. The van der Waals surface area contributed by atoms with Gasteiger partial charge in [-0.1, -0.05) is 60.7 Å². The third-order valence-electron chi connectivity index (χ3n) is 6.68. The molecule has 34 heavy (non-hydrogen) atoms. The third-order valence-corrected chi connectivity index (χ3v) is 6.68. The van der Waals surface area contributed by atoms with E-state index >= 15 is 0 Å². The SMILES string of the molecule is OC(Nc1nc2cccc(-c3ccc(CN4CCOC(c5ccccc5)C4)cc3)n2n1)C1CC1. The summed E-state index contributed by atoms with van der Waals surface area (Å²) in [7, 11) is 0. The molecule has 2 atom stereocenters. The van der Waals surface area contributed by atoms with E-state index in [9.17, 15) is 5.11 Å². The van der Waals surface area contributed by atoms with E-state index < -0.39 is 6.23 Å². The van der Waals surface area contributed by atoms with Crippen LogP contribution in [0, 0.1) is 5.92 Å². The van der Waals surface area contributed by atoms with E-state index in [1.807, 2.05) is 28.8 Å². The van der Waals surface area contributed by atoms with Gasteiger partial charge >= 0.3 is 0 Å². The van der Waals surface area contributed by atoms with Crippen molar-refractivity contribution in [1.82, 2.24) is 19.5 Å². The first-order valence-electron chi connectivity index (χ1n) is 12.0. The highest BCUT2D eigenvalue weighted by atomic mass is 16.5. The number of hydrogen-bond donors (Lipinski definition) is 2. The van der Waals surface area contributed by atoms with Crippen LogP contribution in [0.1, 0.15) is 30.1 Å². The number of aromatic nitrogens is 3. The zero-order chi connectivity index (χ0) is 22.9. The summed E-state index contributed by atoms with van der Waals surface area (Å²) in [5.41, 5.74) is 5.33. The van der Waals surface area contributed by atoms with E-state index in [4.69, 9.17) is 4.74 Å². The van der Waals surface area contributed by atoms with Gasteiger partial charge in [0.05, 0.1) is 18.4 Å². The Morgan fingerprint density at radius 3 is 2.62 bits per heavy atom. The van der Waals surface area contributed by atoms with Crippen LogP contribution in [0.4, 0.5) is 5.95 Å². The standard InChI is InChI=1S/C27H29N5O2/c33-26(22-13-14-22)29-27-28-25-8-4-7-23(32(25)30-27)20-11-9-19(10-12-20)17-31-15-16-34-24(18-31)21-5-2-1-3-6-21/h1-12,22,24,26,33H,13-18H2,(H,29,30). The van der Waals surface area contributed by atoms with Crippen LogP contribution in [0.2, 0.25) is 0 Å². The molecule has 6 rings (SSSR count). The van der Waals surface area contributed by atoms with Crippen LogP contribution in [-0.4, -0.2) is 50.5 Å². The molecule has 2 aromatic heterocycles. The Morgan fingerprint density at radius 2 is 1.82 bits per heavy atom. The first kappa shape index (κ1) is 21.3. The van der Waals surface area contributed by atoms with Crippen LogP contribution >= 0.6 is 0 Å². The lowest BCUT2D eigenvalue weighted by atomic mass is 10.1. The number of anilines is 1. The number of pyridine rings is 1. The van der Waals surface area contributed by atoms with Gasteiger partial charge in [0.15, 0.2) is 5.65 Å². The van der Waals surface area contributed by atoms with E-state index in [1.54, 1.807) is 0 Å². The summed E-state index contributed by atoms with van der Waals surface area (Å²) in [5.74, 6) is 0.775. The average Bonchev–Trinajstić information content (AvgIpc) is 3.65. The van der Waals surface area contributed by atoms with Gasteiger partial charge in [-0.3, -0.25) is 4.90 Å². The Hall–Kier alpha value is -3.26. The first-order chi connectivity index (χ1) is 16.7. The minimum absolute atomic E-state index is 0.125. The monoisotopic (exact) mass is 455 g/mol. The van der Waals surface area contributed by atoms with Gasteiger partial charge in [0.1, 0.15) is 6.23 Å². The molecule has 7 nitrogen and oxygen atoms in total. The lowest BCUT2D eigenvalue weighted by Gasteiger charge is -2.33. The second kappa shape index (κ2) is 9.18. The molecule has 1 aliphatic carbocycles. The zero-order valence-electron chi connectivity index (χ0n) is 19.0. The van der Waals surface area contributed by atoms with Crippen LogP contribution in [0.5, 0.6) is 0 Å². The van der Waals surface area contributed by atoms with E-state index in [0.717, 1.165) is 56.0 Å². The second-order valence-corrected chi connectivity index (χ2v) is 9.25. The van der Waals surface area contributed by atoms with Gasteiger partial charge in [0.2, 0.25) is 5.95 Å². The maximum Gasteiger partial charge on any atom is 0.245 e. The summed E-state index contributed by atoms with van der Waals surface area (Å²) in [6.07, 6.45) is 1.65. The van der Waals surface area contributed by atoms with Crippen molar-refractivity contribution in [2.45, 2.75) is 31.7 Å². The molecule has 2 unspecified atom stereocenters. The molecule has 0 radical (unpaired) electrons. The van der Waals surface area contributed by atoms with Gasteiger partial charge in [0.25, 0.3) is 0 Å². The lowest BCUT2D eigenvalue weighted by molar-refractivity contribution is -0.0329. The number of benzene rings is 2. The summed E-state index contributed by atoms with van der Waals surface area (Å²) >= 11 is 0. The Morgan fingerprint density at radius 1 is 1.00 bits per heavy atom. The molecule has 4 aromatic rings. The van der Waals surface area contributed by atoms with E-state index in [0.29, 0.717) is 11.9 Å². The number of aliphatic hydroxyl groups excluding tert-OH is 1. The minimum Gasteiger partial charge on any atom is -0.373 e. The predicted molar refractivity (Wildman–Crippen MR) is 131 cm³/mol. The van der Waals surface area contributed by atoms with E-state index in [2.05, 4.69) is 68.8 Å². The summed E-state index contributed by atoms with van der Waals surface area (Å²) in [4.78, 5) is 6.99. The van der Waals surface area contributed by atoms with Gasteiger partial charge in [-0.25, -0.2) is 4.52 Å². The summed E-state index contributed by atoms with van der Waals surface area (Å²) in [5, 5.41) is 17.8. The predicted octanol–water partition coefficient (Wildman–Crippen LogP) is 4.11. The Balaban J connectivity index is 1.16. The third kappa shape index (κ3) is 4.55. The van der Waals surface area contributed by atoms with E-state index in [-0.39, 0.29) is 6.10 Å². The fourth-order valence-corrected chi connectivity index (χ4v) is 4.60. The molecule has 2 N–H and O–H groups in total. The molecule has 0 spiro atoms. The first-order valence-corrected chi connectivity index (χ1v) is 12.0. The fourth-order valence-electron chi connectivity index (χ4n) is 4.60. The van der Waals surface area contributed by atoms with Crippen LogP contribution in [-0.2, 0) is 11.3 Å². The highest BCUT2D eigenvalue weighted by Crippen LogP contribution is 2.33. The number of fused-ring (bicyclic) bond motifs is 1. The largest absolute Gasteiger partial charge is 0.373 e. The van der Waals surface area contributed by atoms with Gasteiger partial charge in [0, 0.05) is 31.1 Å². The number of aliphatic hydroxyl groups is 1. The van der Waals surface area contributed by atoms with Crippen molar-refractivity contribution in [2.75, 3.05) is 25.0 Å². The maximum atomic E-state index is 10.2. The van der Waals surface area contributed by atoms with Crippen molar-refractivity contribution in [1.29, 1.82) is 0 Å². The molecule has 0 bridgehead atoms. The molecule has 174 valence electrons. The van der Waals surface area contributed by atoms with Crippen molar-refractivity contribution >= 4 is 11.6 Å². The van der Waals surface area contributed by atoms with Gasteiger partial charge in [-0.15, -0.1) is 5.10 Å². The Labute approximate surface area is 199 Å². The van der Waals surface area contributed by atoms with Crippen molar-refractivity contribution in [3.63, 3.8) is 0 Å². The highest BCUT2D eigenvalue weighted by molar-refractivity contribution is 5.64. The number of ether oxygens (including phenoxy) is 1. The van der Waals surface area contributed by atoms with Crippen LogP contribution < -0.4 is 5.32 Å². The van der Waals surface area contributed by atoms with Crippen LogP contribution in [0.25, 0.3) is 16.9 Å². The second-order valence-electron chi connectivity index (χ2n) is 9.25. The molecule has 7 heteroatoms. The number of hydrogen-bond acceptors (Lipinski definition) is 6. The van der Waals surface area contributed by atoms with Gasteiger partial charge in [-0.05, 0) is 36.1 Å². The number of nitrogens with one attached hydrogen (secondary N) is 1. The fraction of sp³-hybridized carbons (Fsp3) is 0.333. The molecule has 2 aromatic carbocycles. The average molecular weight is 456 g/mol. The Kier molecular flexibility index (Phi) is 5.74. The maximum absolute atomic E-state index is 10.2. The highest BCUT2D eigenvalue weighted by Gasteiger charge is 2.30. The van der Waals surface area contributed by atoms with Crippen molar-refractivity contribution in [3.8, 4) is 11.3 Å². The molecule has 1 aliphatic heterocycles. The summed E-state index contributed by atoms with van der Waals surface area (Å²) < 4.78 is 7.85. The lowest BCUT2D eigenvalue weighted by Crippen LogP contribution is -2.37. The summed E-state index contributed by atoms with van der Waals surface area (Å²) in [6.45, 7) is 3.48. The molecule has 3 heterocycles. The zero-order valence-corrected chi connectivity index (χ0v) is 19.0. The number of nitrogens with zero attached hydrogens (tertiary/aromatic N) is 4. The van der Waals surface area contributed by atoms with Gasteiger partial charge < -0.3 is 15.2 Å². The summed E-state index contributed by atoms with van der Waals surface area (Å²) in [6, 6.07) is 25.1. The topological polar surface area (TPSA) is 74.9 Å². The molecular weight excluding hydrogens is 426 g/mol. The smallest absolute Gasteiger partial charge is 0.245 e. The quantitative estimate of drug-likeness (QED) is 0.409. The van der Waals surface area contributed by atoms with Crippen LogP contribution in [0.15, 0.2) is 72.8 Å². The van der Waals surface area contributed by atoms with Crippen LogP contribution in [0.3, 0.4) is 0 Å². The molecule has 0 amide bonds.